The number of halogens is 1. The highest BCUT2D eigenvalue weighted by Gasteiger charge is 2.19. The van der Waals surface area contributed by atoms with Crippen molar-refractivity contribution in [3.63, 3.8) is 0 Å². The van der Waals surface area contributed by atoms with E-state index in [-0.39, 0.29) is 5.82 Å². The van der Waals surface area contributed by atoms with E-state index >= 15 is 0 Å². The standard InChI is InChI=1S/C19H19FN8/c20-13-3-4-17-22-9-16(28(17)10-13)19-25-14(6-12-2-1-5-21-8-12)7-15(26-19)18-23-11-24-27-18/h3-4,7,9-10,12,21H,1-2,5-6,8,11H2/t12-/m0/s1. The number of piperidine rings is 1. The molecule has 1 atom stereocenters. The van der Waals surface area contributed by atoms with Crippen molar-refractivity contribution >= 4 is 11.5 Å². The second-order valence-corrected chi connectivity index (χ2v) is 7.07. The Labute approximate surface area is 160 Å². The fraction of sp³-hybridized carbons (Fsp3) is 0.368. The molecule has 0 aliphatic carbocycles. The maximum absolute atomic E-state index is 13.8. The van der Waals surface area contributed by atoms with Crippen LogP contribution >= 0.6 is 0 Å². The van der Waals surface area contributed by atoms with Crippen molar-refractivity contribution in [2.24, 2.45) is 21.1 Å². The molecule has 3 aromatic heterocycles. The summed E-state index contributed by atoms with van der Waals surface area (Å²) in [6.45, 7) is 2.37. The van der Waals surface area contributed by atoms with Gasteiger partial charge in [0.15, 0.2) is 18.3 Å². The van der Waals surface area contributed by atoms with Crippen molar-refractivity contribution in [1.29, 1.82) is 0 Å². The average Bonchev–Trinajstić information content (AvgIpc) is 3.38. The number of rotatable bonds is 4. The van der Waals surface area contributed by atoms with E-state index < -0.39 is 0 Å². The first-order valence-electron chi connectivity index (χ1n) is 9.40. The van der Waals surface area contributed by atoms with Crippen LogP contribution in [0.3, 0.4) is 0 Å². The zero-order valence-electron chi connectivity index (χ0n) is 15.2. The molecule has 8 nitrogen and oxygen atoms in total. The fourth-order valence-corrected chi connectivity index (χ4v) is 3.71. The first-order chi connectivity index (χ1) is 13.8. The maximum Gasteiger partial charge on any atom is 0.197 e. The van der Waals surface area contributed by atoms with Crippen molar-refractivity contribution in [3.8, 4) is 11.5 Å². The molecule has 28 heavy (non-hydrogen) atoms. The molecule has 0 unspecified atom stereocenters. The molecule has 1 fully saturated rings. The lowest BCUT2D eigenvalue weighted by Gasteiger charge is -2.22. The third kappa shape index (κ3) is 3.29. The van der Waals surface area contributed by atoms with E-state index in [0.717, 1.165) is 25.2 Å². The average molecular weight is 378 g/mol. The topological polar surface area (TPSA) is 92.2 Å². The van der Waals surface area contributed by atoms with Gasteiger partial charge in [0, 0.05) is 11.9 Å². The van der Waals surface area contributed by atoms with Crippen molar-refractivity contribution in [3.05, 3.63) is 47.8 Å². The summed E-state index contributed by atoms with van der Waals surface area (Å²) >= 11 is 0. The van der Waals surface area contributed by atoms with Gasteiger partial charge in [-0.15, -0.1) is 5.11 Å². The molecule has 0 aromatic carbocycles. The Morgan fingerprint density at radius 2 is 2.21 bits per heavy atom. The van der Waals surface area contributed by atoms with Crippen LogP contribution in [-0.4, -0.2) is 44.9 Å². The normalized spacial score (nSPS) is 19.3. The van der Waals surface area contributed by atoms with Crippen LogP contribution in [-0.2, 0) is 6.42 Å². The van der Waals surface area contributed by atoms with Gasteiger partial charge in [-0.25, -0.2) is 24.3 Å². The Hall–Kier alpha value is -3.07. The highest BCUT2D eigenvalue weighted by atomic mass is 19.1. The smallest absolute Gasteiger partial charge is 0.197 e. The number of nitrogens with one attached hydrogen (secondary N) is 1. The van der Waals surface area contributed by atoms with Crippen LogP contribution < -0.4 is 5.32 Å². The first kappa shape index (κ1) is 17.1. The molecule has 0 bridgehead atoms. The van der Waals surface area contributed by atoms with Gasteiger partial charge in [-0.05, 0) is 56.5 Å². The molecule has 0 radical (unpaired) electrons. The van der Waals surface area contributed by atoms with Gasteiger partial charge in [0.25, 0.3) is 0 Å². The van der Waals surface area contributed by atoms with E-state index in [1.807, 2.05) is 6.07 Å². The van der Waals surface area contributed by atoms with Gasteiger partial charge in [0.05, 0.1) is 6.20 Å². The molecule has 0 saturated carbocycles. The van der Waals surface area contributed by atoms with Crippen molar-refractivity contribution in [1.82, 2.24) is 24.7 Å². The molecule has 1 saturated heterocycles. The van der Waals surface area contributed by atoms with Crippen LogP contribution in [0.25, 0.3) is 17.2 Å². The molecule has 2 aliphatic heterocycles. The lowest BCUT2D eigenvalue weighted by Crippen LogP contribution is -2.31. The highest BCUT2D eigenvalue weighted by Crippen LogP contribution is 2.22. The monoisotopic (exact) mass is 378 g/mol. The van der Waals surface area contributed by atoms with Gasteiger partial charge < -0.3 is 5.32 Å². The molecule has 2 aliphatic rings. The SMILES string of the molecule is Fc1ccc2ncc(-c3nc(C[C@@H]4CCCNC4)cc(C4=NCN=N4)n3)n2c1. The van der Waals surface area contributed by atoms with Gasteiger partial charge >= 0.3 is 0 Å². The molecular weight excluding hydrogens is 359 g/mol. The number of aromatic nitrogens is 4. The quantitative estimate of drug-likeness (QED) is 0.755. The van der Waals surface area contributed by atoms with Crippen molar-refractivity contribution in [2.45, 2.75) is 19.3 Å². The largest absolute Gasteiger partial charge is 0.316 e. The van der Waals surface area contributed by atoms with Gasteiger partial charge in [0.2, 0.25) is 0 Å². The lowest BCUT2D eigenvalue weighted by molar-refractivity contribution is 0.373. The van der Waals surface area contributed by atoms with E-state index in [4.69, 9.17) is 4.98 Å². The predicted molar refractivity (Wildman–Crippen MR) is 102 cm³/mol. The van der Waals surface area contributed by atoms with Gasteiger partial charge in [-0.3, -0.25) is 4.40 Å². The Morgan fingerprint density at radius 3 is 3.04 bits per heavy atom. The van der Waals surface area contributed by atoms with E-state index in [2.05, 4.69) is 30.5 Å². The Morgan fingerprint density at radius 1 is 1.25 bits per heavy atom. The number of imidazole rings is 1. The number of fused-ring (bicyclic) bond motifs is 1. The summed E-state index contributed by atoms with van der Waals surface area (Å²) in [4.78, 5) is 18.0. The number of hydrogen-bond acceptors (Lipinski definition) is 7. The summed E-state index contributed by atoms with van der Waals surface area (Å²) in [6, 6.07) is 4.95. The summed E-state index contributed by atoms with van der Waals surface area (Å²) in [5.41, 5.74) is 2.83. The van der Waals surface area contributed by atoms with E-state index in [1.165, 1.54) is 25.1 Å². The fourth-order valence-electron chi connectivity index (χ4n) is 3.71. The van der Waals surface area contributed by atoms with E-state index in [9.17, 15) is 4.39 Å². The molecule has 5 heterocycles. The third-order valence-corrected chi connectivity index (χ3v) is 5.05. The maximum atomic E-state index is 13.8. The summed E-state index contributed by atoms with van der Waals surface area (Å²) in [5.74, 6) is 1.17. The van der Waals surface area contributed by atoms with Gasteiger partial charge in [-0.2, -0.15) is 5.11 Å². The number of hydrogen-bond donors (Lipinski definition) is 1. The lowest BCUT2D eigenvalue weighted by atomic mass is 9.94. The van der Waals surface area contributed by atoms with Crippen molar-refractivity contribution < 1.29 is 4.39 Å². The second kappa shape index (κ2) is 7.16. The van der Waals surface area contributed by atoms with Crippen molar-refractivity contribution in [2.75, 3.05) is 19.8 Å². The minimum atomic E-state index is -0.342. The van der Waals surface area contributed by atoms with Crippen LogP contribution in [0.4, 0.5) is 4.39 Å². The molecule has 142 valence electrons. The second-order valence-electron chi connectivity index (χ2n) is 7.07. The first-order valence-corrected chi connectivity index (χ1v) is 9.40. The number of amidine groups is 1. The van der Waals surface area contributed by atoms with E-state index in [0.29, 0.717) is 41.3 Å². The van der Waals surface area contributed by atoms with Crippen LogP contribution in [0, 0.1) is 11.7 Å². The zero-order chi connectivity index (χ0) is 18.9. The molecule has 0 amide bonds. The highest BCUT2D eigenvalue weighted by molar-refractivity contribution is 5.98. The number of pyridine rings is 1. The minimum absolute atomic E-state index is 0.317. The summed E-state index contributed by atoms with van der Waals surface area (Å²) < 4.78 is 15.4. The van der Waals surface area contributed by atoms with Crippen LogP contribution in [0.1, 0.15) is 24.2 Å². The van der Waals surface area contributed by atoms with E-state index in [1.54, 1.807) is 16.7 Å². The van der Waals surface area contributed by atoms with Gasteiger partial charge in [0.1, 0.15) is 22.9 Å². The minimum Gasteiger partial charge on any atom is -0.316 e. The molecule has 1 N–H and O–H groups in total. The molecular formula is C19H19FN8. The van der Waals surface area contributed by atoms with Crippen LogP contribution in [0.2, 0.25) is 0 Å². The van der Waals surface area contributed by atoms with Gasteiger partial charge in [-0.1, -0.05) is 0 Å². The number of azo groups is 1. The Balaban J connectivity index is 1.59. The molecule has 9 heteroatoms. The molecule has 0 spiro atoms. The third-order valence-electron chi connectivity index (χ3n) is 5.05. The predicted octanol–water partition coefficient (Wildman–Crippen LogP) is 2.64. The van der Waals surface area contributed by atoms with Crippen LogP contribution in [0.5, 0.6) is 0 Å². The Kier molecular flexibility index (Phi) is 4.36. The summed E-state index contributed by atoms with van der Waals surface area (Å²) in [6.07, 6.45) is 6.24. The Bertz CT molecular complexity index is 1080. The number of aliphatic imine (C=N–C) groups is 1. The molecule has 3 aromatic rings. The molecule has 5 rings (SSSR count). The number of nitrogens with zero attached hydrogens (tertiary/aromatic N) is 7. The zero-order valence-corrected chi connectivity index (χ0v) is 15.2. The van der Waals surface area contributed by atoms with Crippen LogP contribution in [0.15, 0.2) is 45.8 Å². The summed E-state index contributed by atoms with van der Waals surface area (Å²) in [7, 11) is 0. The summed E-state index contributed by atoms with van der Waals surface area (Å²) in [5, 5.41) is 11.4.